The predicted octanol–water partition coefficient (Wildman–Crippen LogP) is 2.05. The van der Waals surface area contributed by atoms with Crippen LogP contribution in [0.15, 0.2) is 30.3 Å². The molecule has 1 saturated heterocycles. The van der Waals surface area contributed by atoms with E-state index in [1.807, 2.05) is 44.2 Å². The zero-order chi connectivity index (χ0) is 18.0. The average Bonchev–Trinajstić information content (AvgIpc) is 2.93. The Morgan fingerprint density at radius 1 is 1.12 bits per heavy atom. The molecule has 1 amide bonds. The zero-order valence-electron chi connectivity index (χ0n) is 14.3. The van der Waals surface area contributed by atoms with Crippen molar-refractivity contribution in [1.29, 1.82) is 0 Å². The van der Waals surface area contributed by atoms with Crippen molar-refractivity contribution in [2.24, 2.45) is 0 Å². The summed E-state index contributed by atoms with van der Waals surface area (Å²) in [6.07, 6.45) is 0. The second kappa shape index (κ2) is 7.23. The van der Waals surface area contributed by atoms with Crippen molar-refractivity contribution < 1.29 is 13.2 Å². The maximum absolute atomic E-state index is 12.6. The fourth-order valence-electron chi connectivity index (χ4n) is 2.92. The maximum Gasteiger partial charge on any atom is 0.265 e. The van der Waals surface area contributed by atoms with E-state index in [0.29, 0.717) is 31.1 Å². The van der Waals surface area contributed by atoms with Crippen LogP contribution in [-0.4, -0.2) is 54.7 Å². The van der Waals surface area contributed by atoms with Gasteiger partial charge in [-0.25, -0.2) is 13.4 Å². The van der Waals surface area contributed by atoms with Crippen molar-refractivity contribution in [1.82, 2.24) is 14.2 Å². The summed E-state index contributed by atoms with van der Waals surface area (Å²) in [7, 11) is -3.37. The number of sulfonamides is 1. The van der Waals surface area contributed by atoms with Crippen LogP contribution in [-0.2, 0) is 15.8 Å². The first-order valence-electron chi connectivity index (χ1n) is 8.12. The molecule has 0 atom stereocenters. The van der Waals surface area contributed by atoms with E-state index in [1.165, 1.54) is 15.6 Å². The highest BCUT2D eigenvalue weighted by molar-refractivity contribution is 7.88. The summed E-state index contributed by atoms with van der Waals surface area (Å²) in [5.74, 6) is -0.0576. The summed E-state index contributed by atoms with van der Waals surface area (Å²) in [6, 6.07) is 9.16. The normalized spacial score (nSPS) is 16.2. The van der Waals surface area contributed by atoms with Crippen molar-refractivity contribution in [3.05, 3.63) is 51.5 Å². The van der Waals surface area contributed by atoms with Gasteiger partial charge in [-0.2, -0.15) is 4.31 Å². The van der Waals surface area contributed by atoms with Gasteiger partial charge < -0.3 is 4.90 Å². The first kappa shape index (κ1) is 18.0. The molecule has 0 bridgehead atoms. The average molecular weight is 380 g/mol. The molecule has 1 aliphatic rings. The van der Waals surface area contributed by atoms with Crippen LogP contribution >= 0.6 is 11.3 Å². The lowest BCUT2D eigenvalue weighted by Gasteiger charge is -2.33. The molecular formula is C17H21N3O3S2. The Morgan fingerprint density at radius 2 is 1.76 bits per heavy atom. The molecule has 0 aliphatic carbocycles. The van der Waals surface area contributed by atoms with Gasteiger partial charge in [-0.15, -0.1) is 11.3 Å². The van der Waals surface area contributed by atoms with Crippen molar-refractivity contribution in [2.75, 3.05) is 26.2 Å². The number of piperazine rings is 1. The molecule has 0 unspecified atom stereocenters. The van der Waals surface area contributed by atoms with Crippen LogP contribution in [0.2, 0.25) is 0 Å². The Kier molecular flexibility index (Phi) is 5.21. The Balaban J connectivity index is 1.63. The first-order valence-corrected chi connectivity index (χ1v) is 10.5. The molecule has 2 heterocycles. The number of amides is 1. The van der Waals surface area contributed by atoms with Crippen molar-refractivity contribution in [2.45, 2.75) is 19.6 Å². The van der Waals surface area contributed by atoms with E-state index in [4.69, 9.17) is 0 Å². The van der Waals surface area contributed by atoms with Gasteiger partial charge in [0.25, 0.3) is 5.91 Å². The summed E-state index contributed by atoms with van der Waals surface area (Å²) in [6.45, 7) is 5.18. The van der Waals surface area contributed by atoms with Gasteiger partial charge in [-0.1, -0.05) is 30.3 Å². The van der Waals surface area contributed by atoms with Gasteiger partial charge >= 0.3 is 0 Å². The highest BCUT2D eigenvalue weighted by Crippen LogP contribution is 2.21. The molecule has 3 rings (SSSR count). The summed E-state index contributed by atoms with van der Waals surface area (Å²) in [5.41, 5.74) is 1.52. The molecule has 0 spiro atoms. The Hall–Kier alpha value is -1.77. The molecule has 1 aromatic heterocycles. The van der Waals surface area contributed by atoms with Gasteiger partial charge in [-0.3, -0.25) is 4.79 Å². The van der Waals surface area contributed by atoms with E-state index in [1.54, 1.807) is 4.90 Å². The van der Waals surface area contributed by atoms with Crippen LogP contribution < -0.4 is 0 Å². The number of benzene rings is 1. The molecule has 1 fully saturated rings. The third-order valence-corrected chi connectivity index (χ3v) is 7.12. The third kappa shape index (κ3) is 4.08. The van der Waals surface area contributed by atoms with Crippen LogP contribution in [0.25, 0.3) is 0 Å². The zero-order valence-corrected chi connectivity index (χ0v) is 15.9. The number of hydrogen-bond acceptors (Lipinski definition) is 5. The van der Waals surface area contributed by atoms with Gasteiger partial charge in [0.2, 0.25) is 10.0 Å². The molecule has 6 nitrogen and oxygen atoms in total. The third-order valence-electron chi connectivity index (χ3n) is 4.21. The molecule has 8 heteroatoms. The van der Waals surface area contributed by atoms with Gasteiger partial charge in [0.15, 0.2) is 0 Å². The molecule has 0 saturated carbocycles. The van der Waals surface area contributed by atoms with Gasteiger partial charge in [0.1, 0.15) is 4.88 Å². The molecule has 0 N–H and O–H groups in total. The number of aromatic nitrogens is 1. The molecule has 1 aliphatic heterocycles. The van der Waals surface area contributed by atoms with Crippen LogP contribution in [0.3, 0.4) is 0 Å². The van der Waals surface area contributed by atoms with Gasteiger partial charge in [0, 0.05) is 26.2 Å². The van der Waals surface area contributed by atoms with Crippen LogP contribution in [0.5, 0.6) is 0 Å². The SMILES string of the molecule is Cc1nc(C)c(C(=O)N2CCN(S(=O)(=O)Cc3ccccc3)CC2)s1. The van der Waals surface area contributed by atoms with Crippen molar-refractivity contribution in [3.8, 4) is 0 Å². The lowest BCUT2D eigenvalue weighted by molar-refractivity contribution is 0.0701. The van der Waals surface area contributed by atoms with Crippen molar-refractivity contribution in [3.63, 3.8) is 0 Å². The molecule has 0 radical (unpaired) electrons. The minimum Gasteiger partial charge on any atom is -0.335 e. The number of aryl methyl sites for hydroxylation is 2. The van der Waals surface area contributed by atoms with Gasteiger partial charge in [-0.05, 0) is 19.4 Å². The van der Waals surface area contributed by atoms with E-state index in [9.17, 15) is 13.2 Å². The van der Waals surface area contributed by atoms with Crippen LogP contribution in [0.4, 0.5) is 0 Å². The minimum absolute atomic E-state index is 0.00503. The molecular weight excluding hydrogens is 358 g/mol. The van der Waals surface area contributed by atoms with Crippen LogP contribution in [0.1, 0.15) is 25.9 Å². The molecule has 134 valence electrons. The highest BCUT2D eigenvalue weighted by Gasteiger charge is 2.30. The summed E-state index contributed by atoms with van der Waals surface area (Å²) in [5, 5.41) is 0.866. The van der Waals surface area contributed by atoms with Crippen LogP contribution in [0, 0.1) is 13.8 Å². The number of thiazole rings is 1. The maximum atomic E-state index is 12.6. The van der Waals surface area contributed by atoms with E-state index in [-0.39, 0.29) is 11.7 Å². The molecule has 2 aromatic rings. The summed E-state index contributed by atoms with van der Waals surface area (Å²) >= 11 is 1.39. The fraction of sp³-hybridized carbons (Fsp3) is 0.412. The number of carbonyl (C=O) groups is 1. The summed E-state index contributed by atoms with van der Waals surface area (Å²) < 4.78 is 26.6. The first-order chi connectivity index (χ1) is 11.9. The van der Waals surface area contributed by atoms with Gasteiger partial charge in [0.05, 0.1) is 16.5 Å². The number of rotatable bonds is 4. The quantitative estimate of drug-likeness (QED) is 0.815. The highest BCUT2D eigenvalue weighted by atomic mass is 32.2. The molecule has 1 aromatic carbocycles. The standard InChI is InChI=1S/C17H21N3O3S2/c1-13-16(24-14(2)18-13)17(21)19-8-10-20(11-9-19)25(22,23)12-15-6-4-3-5-7-15/h3-7H,8-12H2,1-2H3. The minimum atomic E-state index is -3.37. The topological polar surface area (TPSA) is 70.6 Å². The van der Waals surface area contributed by atoms with E-state index >= 15 is 0 Å². The monoisotopic (exact) mass is 379 g/mol. The predicted molar refractivity (Wildman–Crippen MR) is 98.1 cm³/mol. The largest absolute Gasteiger partial charge is 0.335 e. The number of carbonyl (C=O) groups excluding carboxylic acids is 1. The van der Waals surface area contributed by atoms with E-state index in [0.717, 1.165) is 16.3 Å². The Morgan fingerprint density at radius 3 is 2.32 bits per heavy atom. The Bertz CT molecular complexity index is 855. The second-order valence-corrected chi connectivity index (χ2v) is 9.25. The fourth-order valence-corrected chi connectivity index (χ4v) is 5.32. The summed E-state index contributed by atoms with van der Waals surface area (Å²) in [4.78, 5) is 19.3. The van der Waals surface area contributed by atoms with E-state index in [2.05, 4.69) is 4.98 Å². The lowest BCUT2D eigenvalue weighted by atomic mass is 10.2. The number of hydrogen-bond donors (Lipinski definition) is 0. The molecule has 25 heavy (non-hydrogen) atoms. The van der Waals surface area contributed by atoms with Crippen molar-refractivity contribution >= 4 is 27.3 Å². The lowest BCUT2D eigenvalue weighted by Crippen LogP contribution is -2.50. The van der Waals surface area contributed by atoms with E-state index < -0.39 is 10.0 Å². The smallest absolute Gasteiger partial charge is 0.265 e. The second-order valence-electron chi connectivity index (χ2n) is 6.08. The Labute approximate surface area is 152 Å². The number of nitrogens with zero attached hydrogens (tertiary/aromatic N) is 3.